The average Bonchev–Trinajstić information content (AvgIpc) is 3.26. The molecule has 0 spiro atoms. The summed E-state index contributed by atoms with van der Waals surface area (Å²) in [7, 11) is 2.20. The van der Waals surface area contributed by atoms with E-state index in [1.807, 2.05) is 30.3 Å². The Balaban J connectivity index is 1.20. The van der Waals surface area contributed by atoms with Crippen molar-refractivity contribution in [2.24, 2.45) is 0 Å². The van der Waals surface area contributed by atoms with Crippen molar-refractivity contribution < 1.29 is 0 Å². The third-order valence-electron chi connectivity index (χ3n) is 6.70. The lowest BCUT2D eigenvalue weighted by Gasteiger charge is -2.32. The highest BCUT2D eigenvalue weighted by atomic mass is 15.3. The summed E-state index contributed by atoms with van der Waals surface area (Å²) in [6.45, 7) is 11.1. The molecule has 9 heteroatoms. The lowest BCUT2D eigenvalue weighted by molar-refractivity contribution is 0.154. The molecule has 0 radical (unpaired) electrons. The molecule has 3 N–H and O–H groups in total. The minimum atomic E-state index is 0.181. The van der Waals surface area contributed by atoms with Crippen LogP contribution < -0.4 is 16.0 Å². The first-order valence-corrected chi connectivity index (χ1v) is 13.1. The smallest absolute Gasteiger partial charge is 0.229 e. The Kier molecular flexibility index (Phi) is 7.82. The van der Waals surface area contributed by atoms with Crippen molar-refractivity contribution in [3.05, 3.63) is 60.8 Å². The molecule has 0 saturated carbocycles. The predicted octanol–water partition coefficient (Wildman–Crippen LogP) is 4.94. The number of imidazole rings is 1. The van der Waals surface area contributed by atoms with Crippen LogP contribution in [0.25, 0.3) is 11.2 Å². The number of aromatic nitrogens is 4. The van der Waals surface area contributed by atoms with E-state index in [4.69, 9.17) is 9.97 Å². The molecular weight excluding hydrogens is 462 g/mol. The molecule has 4 aromatic rings. The second-order valence-electron chi connectivity index (χ2n) is 9.92. The standard InChI is InChI=1S/C28H37N9/c1-21(2)37-26-25(33-28(37)32-23-8-5-4-6-9-23)20-30-27(34-26)31-24-12-10-22(11-13-24)29-14-7-15-36-18-16-35(3)17-19-36/h4-6,8-13,20-21,29H,7,14-19H2,1-3H3,(H,32,33)(H,30,31,34). The van der Waals surface area contributed by atoms with Crippen LogP contribution in [0.4, 0.5) is 29.0 Å². The number of nitrogens with one attached hydrogen (secondary N) is 3. The maximum atomic E-state index is 4.80. The zero-order valence-electron chi connectivity index (χ0n) is 22.0. The van der Waals surface area contributed by atoms with Crippen LogP contribution in [0.2, 0.25) is 0 Å². The number of piperazine rings is 1. The minimum Gasteiger partial charge on any atom is -0.385 e. The molecule has 2 aromatic carbocycles. The molecular formula is C28H37N9. The van der Waals surface area contributed by atoms with Crippen LogP contribution in [0.1, 0.15) is 26.3 Å². The molecule has 37 heavy (non-hydrogen) atoms. The minimum absolute atomic E-state index is 0.181. The second-order valence-corrected chi connectivity index (χ2v) is 9.92. The number of rotatable bonds is 10. The number of hydrogen-bond acceptors (Lipinski definition) is 8. The van der Waals surface area contributed by atoms with Crippen molar-refractivity contribution in [3.63, 3.8) is 0 Å². The van der Waals surface area contributed by atoms with Gasteiger partial charge in [0, 0.05) is 55.8 Å². The predicted molar refractivity (Wildman–Crippen MR) is 152 cm³/mol. The Morgan fingerprint density at radius 2 is 1.54 bits per heavy atom. The van der Waals surface area contributed by atoms with Gasteiger partial charge in [0.2, 0.25) is 11.9 Å². The number of hydrogen-bond donors (Lipinski definition) is 3. The molecule has 1 aliphatic rings. The highest BCUT2D eigenvalue weighted by Gasteiger charge is 2.16. The van der Waals surface area contributed by atoms with E-state index in [0.29, 0.717) is 5.95 Å². The van der Waals surface area contributed by atoms with E-state index in [2.05, 4.69) is 80.5 Å². The number of para-hydroxylation sites is 1. The second kappa shape index (κ2) is 11.6. The summed E-state index contributed by atoms with van der Waals surface area (Å²) >= 11 is 0. The highest BCUT2D eigenvalue weighted by Crippen LogP contribution is 2.26. The largest absolute Gasteiger partial charge is 0.385 e. The van der Waals surface area contributed by atoms with E-state index in [1.165, 1.54) is 26.2 Å². The molecule has 1 aliphatic heterocycles. The van der Waals surface area contributed by atoms with Crippen LogP contribution in [0, 0.1) is 0 Å². The molecule has 9 nitrogen and oxygen atoms in total. The SMILES string of the molecule is CC(C)n1c(Nc2ccccc2)nc2cnc(Nc3ccc(NCCCN4CCN(C)CC4)cc3)nc21. The molecule has 194 valence electrons. The summed E-state index contributed by atoms with van der Waals surface area (Å²) in [5.41, 5.74) is 4.60. The topological polar surface area (TPSA) is 86.2 Å². The third kappa shape index (κ3) is 6.36. The Bertz CT molecular complexity index is 1280. The number of benzene rings is 2. The van der Waals surface area contributed by atoms with E-state index < -0.39 is 0 Å². The molecule has 3 heterocycles. The fraction of sp³-hybridized carbons (Fsp3) is 0.393. The van der Waals surface area contributed by atoms with Gasteiger partial charge >= 0.3 is 0 Å². The average molecular weight is 500 g/mol. The summed E-state index contributed by atoms with van der Waals surface area (Å²) in [6, 6.07) is 18.5. The lowest BCUT2D eigenvalue weighted by Crippen LogP contribution is -2.44. The van der Waals surface area contributed by atoms with Gasteiger partial charge in [-0.15, -0.1) is 0 Å². The van der Waals surface area contributed by atoms with Crippen LogP contribution in [0.15, 0.2) is 60.8 Å². The van der Waals surface area contributed by atoms with E-state index >= 15 is 0 Å². The van der Waals surface area contributed by atoms with Gasteiger partial charge in [0.1, 0.15) is 5.52 Å². The van der Waals surface area contributed by atoms with Gasteiger partial charge in [0.05, 0.1) is 6.20 Å². The summed E-state index contributed by atoms with van der Waals surface area (Å²) in [5, 5.41) is 10.3. The molecule has 1 saturated heterocycles. The van der Waals surface area contributed by atoms with Gasteiger partial charge < -0.3 is 25.8 Å². The lowest BCUT2D eigenvalue weighted by atomic mass is 10.2. The summed E-state index contributed by atoms with van der Waals surface area (Å²) in [6.07, 6.45) is 2.91. The maximum absolute atomic E-state index is 4.80. The first-order valence-electron chi connectivity index (χ1n) is 13.1. The third-order valence-corrected chi connectivity index (χ3v) is 6.70. The van der Waals surface area contributed by atoms with Crippen molar-refractivity contribution in [3.8, 4) is 0 Å². The van der Waals surface area contributed by atoms with E-state index in [9.17, 15) is 0 Å². The van der Waals surface area contributed by atoms with Crippen LogP contribution >= 0.6 is 0 Å². The molecule has 2 aromatic heterocycles. The molecule has 1 fully saturated rings. The molecule has 0 atom stereocenters. The summed E-state index contributed by atoms with van der Waals surface area (Å²) in [5.74, 6) is 1.30. The fourth-order valence-corrected chi connectivity index (χ4v) is 4.59. The molecule has 0 unspecified atom stereocenters. The van der Waals surface area contributed by atoms with Gasteiger partial charge in [0.25, 0.3) is 0 Å². The van der Waals surface area contributed by atoms with E-state index in [1.54, 1.807) is 6.20 Å². The summed E-state index contributed by atoms with van der Waals surface area (Å²) < 4.78 is 2.10. The Hall–Kier alpha value is -3.69. The van der Waals surface area contributed by atoms with Crippen LogP contribution in [-0.4, -0.2) is 75.6 Å². The monoisotopic (exact) mass is 499 g/mol. The Morgan fingerprint density at radius 3 is 2.27 bits per heavy atom. The maximum Gasteiger partial charge on any atom is 0.229 e. The number of likely N-dealkylation sites (N-methyl/N-ethyl adjacent to an activating group) is 1. The van der Waals surface area contributed by atoms with Crippen LogP contribution in [-0.2, 0) is 0 Å². The van der Waals surface area contributed by atoms with Crippen molar-refractivity contribution in [1.29, 1.82) is 0 Å². The first kappa shape index (κ1) is 25.0. The number of fused-ring (bicyclic) bond motifs is 1. The van der Waals surface area contributed by atoms with Crippen LogP contribution in [0.3, 0.4) is 0 Å². The van der Waals surface area contributed by atoms with Crippen molar-refractivity contribution in [2.75, 3.05) is 62.3 Å². The Labute approximate surface area is 218 Å². The molecule has 5 rings (SSSR count). The van der Waals surface area contributed by atoms with Gasteiger partial charge in [-0.3, -0.25) is 4.57 Å². The van der Waals surface area contributed by atoms with E-state index in [0.717, 1.165) is 53.7 Å². The molecule has 0 amide bonds. The van der Waals surface area contributed by atoms with Gasteiger partial charge in [-0.05, 0) is 70.3 Å². The molecule has 0 aliphatic carbocycles. The van der Waals surface area contributed by atoms with Gasteiger partial charge in [-0.1, -0.05) is 18.2 Å². The van der Waals surface area contributed by atoms with E-state index in [-0.39, 0.29) is 6.04 Å². The summed E-state index contributed by atoms with van der Waals surface area (Å²) in [4.78, 5) is 19.0. The highest BCUT2D eigenvalue weighted by molar-refractivity contribution is 5.77. The van der Waals surface area contributed by atoms with Gasteiger partial charge in [0.15, 0.2) is 5.65 Å². The zero-order valence-corrected chi connectivity index (χ0v) is 22.0. The zero-order chi connectivity index (χ0) is 25.6. The Morgan fingerprint density at radius 1 is 0.838 bits per heavy atom. The quantitative estimate of drug-likeness (QED) is 0.265. The first-order chi connectivity index (χ1) is 18.0. The normalized spacial score (nSPS) is 14.8. The number of anilines is 5. The van der Waals surface area contributed by atoms with Gasteiger partial charge in [-0.2, -0.15) is 4.98 Å². The van der Waals surface area contributed by atoms with Crippen molar-refractivity contribution >= 4 is 40.1 Å². The fourth-order valence-electron chi connectivity index (χ4n) is 4.59. The number of nitrogens with zero attached hydrogens (tertiary/aromatic N) is 6. The van der Waals surface area contributed by atoms with Crippen molar-refractivity contribution in [1.82, 2.24) is 29.3 Å². The van der Waals surface area contributed by atoms with Crippen LogP contribution in [0.5, 0.6) is 0 Å². The van der Waals surface area contributed by atoms with Gasteiger partial charge in [-0.25, -0.2) is 9.97 Å². The molecule has 0 bridgehead atoms. The van der Waals surface area contributed by atoms with Crippen molar-refractivity contribution in [2.45, 2.75) is 26.3 Å².